The molecule has 7 nitrogen and oxygen atoms in total. The number of carbonyl (C=O) groups is 1. The third-order valence-electron chi connectivity index (χ3n) is 5.06. The van der Waals surface area contributed by atoms with E-state index in [4.69, 9.17) is 9.83 Å². The van der Waals surface area contributed by atoms with E-state index in [-0.39, 0.29) is 23.3 Å². The molecule has 2 N–H and O–H groups in total. The summed E-state index contributed by atoms with van der Waals surface area (Å²) in [5.41, 5.74) is 1.51. The topological polar surface area (TPSA) is 103 Å². The van der Waals surface area contributed by atoms with Crippen LogP contribution in [-0.2, 0) is 11.2 Å². The predicted octanol–water partition coefficient (Wildman–Crippen LogP) is 2.86. The largest absolute Gasteiger partial charge is 0.424 e. The van der Waals surface area contributed by atoms with Crippen LogP contribution in [0.3, 0.4) is 0 Å². The van der Waals surface area contributed by atoms with Crippen LogP contribution in [0.25, 0.3) is 0 Å². The van der Waals surface area contributed by atoms with E-state index in [1.54, 1.807) is 6.92 Å². The molecular weight excluding hydrogens is 308 g/mol. The zero-order valence-corrected chi connectivity index (χ0v) is 14.4. The normalized spacial score (nSPS) is 25.1. The van der Waals surface area contributed by atoms with Crippen molar-refractivity contribution in [3.8, 4) is 0 Å². The molecule has 0 saturated heterocycles. The summed E-state index contributed by atoms with van der Waals surface area (Å²) in [5, 5.41) is 26.9. The summed E-state index contributed by atoms with van der Waals surface area (Å²) in [6, 6.07) is -0.192. The summed E-state index contributed by atoms with van der Waals surface area (Å²) in [7, 11) is 0. The lowest BCUT2D eigenvalue weighted by molar-refractivity contribution is -0.180. The highest BCUT2D eigenvalue weighted by Gasteiger charge is 2.54. The van der Waals surface area contributed by atoms with Gasteiger partial charge in [-0.2, -0.15) is 0 Å². The van der Waals surface area contributed by atoms with Gasteiger partial charge in [0.15, 0.2) is 0 Å². The number of nitrogens with one attached hydrogen (secondary N) is 1. The van der Waals surface area contributed by atoms with Crippen molar-refractivity contribution in [2.75, 3.05) is 0 Å². The Kier molecular flexibility index (Phi) is 4.29. The van der Waals surface area contributed by atoms with Gasteiger partial charge in [-0.25, -0.2) is 5.06 Å². The van der Waals surface area contributed by atoms with Crippen molar-refractivity contribution in [2.24, 2.45) is 5.41 Å². The highest BCUT2D eigenvalue weighted by molar-refractivity contribution is 5.80. The van der Waals surface area contributed by atoms with Gasteiger partial charge >= 0.3 is 0 Å². The number of aromatic nitrogens is 2. The van der Waals surface area contributed by atoms with Gasteiger partial charge in [0.1, 0.15) is 0 Å². The van der Waals surface area contributed by atoms with Crippen molar-refractivity contribution in [1.82, 2.24) is 15.3 Å². The summed E-state index contributed by atoms with van der Waals surface area (Å²) in [6.45, 7) is 5.11. The number of hydrogen-bond acceptors (Lipinski definition) is 6. The summed E-state index contributed by atoms with van der Waals surface area (Å²) >= 11 is 0. The zero-order chi connectivity index (χ0) is 17.5. The highest BCUT2D eigenvalue weighted by Crippen LogP contribution is 2.58. The number of rotatable bonds is 4. The molecule has 2 aliphatic carbocycles. The Morgan fingerprint density at radius 3 is 2.75 bits per heavy atom. The minimum Gasteiger partial charge on any atom is -0.424 e. The minimum atomic E-state index is -0.320. The van der Waals surface area contributed by atoms with Gasteiger partial charge in [-0.3, -0.25) is 10.0 Å². The first-order chi connectivity index (χ1) is 11.3. The molecule has 1 fully saturated rings. The van der Waals surface area contributed by atoms with Gasteiger partial charge in [-0.1, -0.05) is 11.6 Å². The van der Waals surface area contributed by atoms with Gasteiger partial charge in [-0.15, -0.1) is 10.2 Å². The molecule has 1 heterocycles. The van der Waals surface area contributed by atoms with Crippen LogP contribution in [0.2, 0.25) is 0 Å². The number of amides is 1. The van der Waals surface area contributed by atoms with Crippen molar-refractivity contribution < 1.29 is 14.4 Å². The minimum absolute atomic E-state index is 0.00912. The molecule has 0 aliphatic heterocycles. The Balaban J connectivity index is 1.84. The summed E-state index contributed by atoms with van der Waals surface area (Å²) in [5.74, 6) is 0.691. The number of nitrogens with zero attached hydrogens (tertiary/aromatic N) is 3. The van der Waals surface area contributed by atoms with Crippen LogP contribution in [0.5, 0.6) is 0 Å². The molecular formula is C17H24N4O3. The molecule has 0 unspecified atom stereocenters. The number of carbonyl (C=O) groups excluding carboxylic acids is 1. The van der Waals surface area contributed by atoms with E-state index in [0.29, 0.717) is 30.3 Å². The molecule has 1 aromatic heterocycles. The third kappa shape index (κ3) is 3.26. The molecule has 0 radical (unpaired) electrons. The van der Waals surface area contributed by atoms with Crippen LogP contribution >= 0.6 is 0 Å². The predicted molar refractivity (Wildman–Crippen MR) is 86.9 cm³/mol. The average molecular weight is 332 g/mol. The molecule has 1 amide bonds. The standard InChI is InChI=1S/C17H24N4O3/c1-10-6-13(16-20-19-15(24-16)8-11(2)18)9-17(4-5-17)14(7-10)21(23)12(3)22/h6,13-14,18,23H,4-5,7-9H2,1-3H3/t13-,14-/m0/s1. The zero-order valence-electron chi connectivity index (χ0n) is 14.4. The van der Waals surface area contributed by atoms with Gasteiger partial charge in [0, 0.05) is 12.6 Å². The van der Waals surface area contributed by atoms with Crippen molar-refractivity contribution >= 4 is 11.6 Å². The third-order valence-corrected chi connectivity index (χ3v) is 5.06. The molecule has 1 aromatic rings. The van der Waals surface area contributed by atoms with Gasteiger partial charge in [0.05, 0.1) is 18.4 Å². The summed E-state index contributed by atoms with van der Waals surface area (Å²) in [4.78, 5) is 11.6. The fourth-order valence-electron chi connectivity index (χ4n) is 3.70. The Hall–Kier alpha value is -2.02. The Morgan fingerprint density at radius 1 is 1.46 bits per heavy atom. The Bertz CT molecular complexity index is 690. The van der Waals surface area contributed by atoms with Crippen molar-refractivity contribution in [3.63, 3.8) is 0 Å². The van der Waals surface area contributed by atoms with E-state index in [1.807, 2.05) is 6.92 Å². The fraction of sp³-hybridized carbons (Fsp3) is 0.647. The van der Waals surface area contributed by atoms with Gasteiger partial charge in [0.25, 0.3) is 0 Å². The second-order valence-corrected chi connectivity index (χ2v) is 7.26. The summed E-state index contributed by atoms with van der Waals surface area (Å²) in [6.07, 6.45) is 5.89. The first-order valence-electron chi connectivity index (χ1n) is 8.33. The van der Waals surface area contributed by atoms with E-state index >= 15 is 0 Å². The molecule has 1 saturated carbocycles. The van der Waals surface area contributed by atoms with Crippen LogP contribution < -0.4 is 0 Å². The quantitative estimate of drug-likeness (QED) is 0.382. The second-order valence-electron chi connectivity index (χ2n) is 7.26. The molecule has 2 aliphatic rings. The molecule has 0 aromatic carbocycles. The SMILES string of the molecule is CC(=N)Cc1nnc([C@H]2C=C(C)C[C@H](N(O)C(C)=O)C3(CC3)C2)o1. The van der Waals surface area contributed by atoms with Gasteiger partial charge < -0.3 is 9.83 Å². The maximum atomic E-state index is 11.6. The van der Waals surface area contributed by atoms with Gasteiger partial charge in [0.2, 0.25) is 17.7 Å². The average Bonchev–Trinajstić information content (AvgIpc) is 3.16. The first kappa shape index (κ1) is 16.8. The monoisotopic (exact) mass is 332 g/mol. The first-order valence-corrected chi connectivity index (χ1v) is 8.33. The van der Waals surface area contributed by atoms with Crippen LogP contribution in [-0.4, -0.2) is 38.1 Å². The van der Waals surface area contributed by atoms with E-state index in [9.17, 15) is 10.0 Å². The molecule has 2 atom stereocenters. The van der Waals surface area contributed by atoms with Crippen LogP contribution in [0, 0.1) is 10.8 Å². The number of hydroxylamine groups is 2. The van der Waals surface area contributed by atoms with E-state index in [2.05, 4.69) is 16.3 Å². The molecule has 130 valence electrons. The fourth-order valence-corrected chi connectivity index (χ4v) is 3.70. The maximum Gasteiger partial charge on any atom is 0.243 e. The maximum absolute atomic E-state index is 11.6. The van der Waals surface area contributed by atoms with Gasteiger partial charge in [-0.05, 0) is 44.9 Å². The Labute approximate surface area is 141 Å². The second kappa shape index (κ2) is 6.12. The van der Waals surface area contributed by atoms with E-state index in [0.717, 1.165) is 29.9 Å². The lowest BCUT2D eigenvalue weighted by Crippen LogP contribution is -2.42. The molecule has 24 heavy (non-hydrogen) atoms. The molecule has 0 bridgehead atoms. The molecule has 7 heteroatoms. The van der Waals surface area contributed by atoms with Crippen LogP contribution in [0.4, 0.5) is 0 Å². The highest BCUT2D eigenvalue weighted by atomic mass is 16.5. The smallest absolute Gasteiger partial charge is 0.243 e. The molecule has 1 spiro atoms. The van der Waals surface area contributed by atoms with Crippen molar-refractivity contribution in [1.29, 1.82) is 5.41 Å². The Morgan fingerprint density at radius 2 is 2.17 bits per heavy atom. The van der Waals surface area contributed by atoms with Crippen LogP contribution in [0.1, 0.15) is 64.2 Å². The number of allylic oxidation sites excluding steroid dienone is 1. The van der Waals surface area contributed by atoms with Crippen molar-refractivity contribution in [2.45, 2.75) is 64.8 Å². The van der Waals surface area contributed by atoms with Crippen LogP contribution in [0.15, 0.2) is 16.1 Å². The van der Waals surface area contributed by atoms with E-state index in [1.165, 1.54) is 6.92 Å². The lowest BCUT2D eigenvalue weighted by Gasteiger charge is -2.32. The van der Waals surface area contributed by atoms with Crippen molar-refractivity contribution in [3.05, 3.63) is 23.4 Å². The van der Waals surface area contributed by atoms with E-state index < -0.39 is 0 Å². The lowest BCUT2D eigenvalue weighted by atomic mass is 9.86. The summed E-state index contributed by atoms with van der Waals surface area (Å²) < 4.78 is 5.75. The number of hydrogen-bond donors (Lipinski definition) is 2. The molecule has 3 rings (SSSR count).